The van der Waals surface area contributed by atoms with E-state index in [9.17, 15) is 13.6 Å². The van der Waals surface area contributed by atoms with Gasteiger partial charge in [0.05, 0.1) is 10.6 Å². The van der Waals surface area contributed by atoms with Crippen molar-refractivity contribution in [3.8, 4) is 0 Å². The summed E-state index contributed by atoms with van der Waals surface area (Å²) < 4.78 is 26.5. The van der Waals surface area contributed by atoms with E-state index in [2.05, 4.69) is 0 Å². The minimum atomic E-state index is -0.750. The third-order valence-electron chi connectivity index (χ3n) is 3.01. The molecule has 0 amide bonds. The van der Waals surface area contributed by atoms with Gasteiger partial charge in [-0.15, -0.1) is 0 Å². The van der Waals surface area contributed by atoms with Crippen LogP contribution < -0.4 is 0 Å². The molecule has 0 N–H and O–H groups in total. The fraction of sp³-hybridized carbons (Fsp3) is 0.417. The van der Waals surface area contributed by atoms with Crippen LogP contribution in [-0.4, -0.2) is 5.78 Å². The molecule has 1 aromatic carbocycles. The van der Waals surface area contributed by atoms with E-state index >= 15 is 0 Å². The summed E-state index contributed by atoms with van der Waals surface area (Å²) in [7, 11) is 0. The molecular weight excluding hydrogens is 234 g/mol. The molecule has 1 fully saturated rings. The third-order valence-corrected chi connectivity index (χ3v) is 3.30. The lowest BCUT2D eigenvalue weighted by atomic mass is 9.81. The van der Waals surface area contributed by atoms with Crippen LogP contribution in [0.3, 0.4) is 0 Å². The molecule has 1 aliphatic carbocycles. The van der Waals surface area contributed by atoms with E-state index in [-0.39, 0.29) is 16.4 Å². The third kappa shape index (κ3) is 2.24. The van der Waals surface area contributed by atoms with Crippen LogP contribution in [-0.2, 0) is 0 Å². The van der Waals surface area contributed by atoms with Gasteiger partial charge in [0.25, 0.3) is 0 Å². The second kappa shape index (κ2) is 4.50. The number of carbonyl (C=O) groups excluding carboxylic acids is 1. The fourth-order valence-electron chi connectivity index (χ4n) is 1.81. The minimum Gasteiger partial charge on any atom is -0.294 e. The van der Waals surface area contributed by atoms with Crippen molar-refractivity contribution in [1.29, 1.82) is 0 Å². The number of hydrogen-bond donors (Lipinski definition) is 0. The molecule has 0 spiro atoms. The molecule has 4 heteroatoms. The Hall–Kier alpha value is -0.960. The van der Waals surface area contributed by atoms with Crippen molar-refractivity contribution in [3.05, 3.63) is 34.4 Å². The molecule has 2 rings (SSSR count). The molecule has 0 atom stereocenters. The van der Waals surface area contributed by atoms with Crippen LogP contribution in [0.2, 0.25) is 5.02 Å². The van der Waals surface area contributed by atoms with Crippen molar-refractivity contribution in [3.63, 3.8) is 0 Å². The summed E-state index contributed by atoms with van der Waals surface area (Å²) in [6, 6.07) is 1.74. The van der Waals surface area contributed by atoms with Crippen molar-refractivity contribution >= 4 is 17.4 Å². The second-order valence-corrected chi connectivity index (χ2v) is 4.58. The molecule has 0 aromatic heterocycles. The lowest BCUT2D eigenvalue weighted by Gasteiger charge is -2.24. The topological polar surface area (TPSA) is 17.1 Å². The summed E-state index contributed by atoms with van der Waals surface area (Å²) in [6.07, 6.45) is 3.43. The van der Waals surface area contributed by atoms with E-state index in [0.29, 0.717) is 12.3 Å². The molecule has 1 nitrogen and oxygen atoms in total. The summed E-state index contributed by atoms with van der Waals surface area (Å²) in [5.74, 6) is -1.49. The summed E-state index contributed by atoms with van der Waals surface area (Å²) in [5.41, 5.74) is -0.186. The zero-order valence-corrected chi connectivity index (χ0v) is 9.36. The predicted octanol–water partition coefficient (Wildman–Crippen LogP) is 3.99. The van der Waals surface area contributed by atoms with Gasteiger partial charge in [-0.3, -0.25) is 4.79 Å². The molecule has 0 saturated heterocycles. The van der Waals surface area contributed by atoms with Gasteiger partial charge in [-0.25, -0.2) is 8.78 Å². The standard InChI is InChI=1S/C12H11ClF2O/c13-9-6-10(14)8(5-11(9)15)12(16)4-7-2-1-3-7/h5-7H,1-4H2. The summed E-state index contributed by atoms with van der Waals surface area (Å²) in [4.78, 5) is 11.7. The van der Waals surface area contributed by atoms with Crippen molar-refractivity contribution in [2.75, 3.05) is 0 Å². The Morgan fingerprint density at radius 1 is 1.31 bits per heavy atom. The molecule has 16 heavy (non-hydrogen) atoms. The molecule has 0 unspecified atom stereocenters. The van der Waals surface area contributed by atoms with Crippen LogP contribution in [0.15, 0.2) is 12.1 Å². The first-order valence-corrected chi connectivity index (χ1v) is 5.63. The first kappa shape index (κ1) is 11.5. The van der Waals surface area contributed by atoms with Crippen LogP contribution >= 0.6 is 11.6 Å². The van der Waals surface area contributed by atoms with Gasteiger partial charge >= 0.3 is 0 Å². The van der Waals surface area contributed by atoms with Crippen LogP contribution in [0.5, 0.6) is 0 Å². The van der Waals surface area contributed by atoms with Crippen molar-refractivity contribution in [1.82, 2.24) is 0 Å². The molecule has 86 valence electrons. The fourth-order valence-corrected chi connectivity index (χ4v) is 1.96. The van der Waals surface area contributed by atoms with Crippen molar-refractivity contribution < 1.29 is 13.6 Å². The van der Waals surface area contributed by atoms with Gasteiger partial charge in [0.15, 0.2) is 5.78 Å². The number of carbonyl (C=O) groups is 1. The molecule has 1 saturated carbocycles. The Balaban J connectivity index is 2.18. The largest absolute Gasteiger partial charge is 0.294 e. The molecule has 0 aliphatic heterocycles. The van der Waals surface area contributed by atoms with Gasteiger partial charge in [-0.05, 0) is 18.1 Å². The highest BCUT2D eigenvalue weighted by Gasteiger charge is 2.23. The van der Waals surface area contributed by atoms with Crippen molar-refractivity contribution in [2.45, 2.75) is 25.7 Å². The van der Waals surface area contributed by atoms with Crippen molar-refractivity contribution in [2.24, 2.45) is 5.92 Å². The van der Waals surface area contributed by atoms with Gasteiger partial charge < -0.3 is 0 Å². The Morgan fingerprint density at radius 2 is 2.00 bits per heavy atom. The maximum Gasteiger partial charge on any atom is 0.166 e. The number of benzene rings is 1. The number of hydrogen-bond acceptors (Lipinski definition) is 1. The predicted molar refractivity (Wildman–Crippen MR) is 57.7 cm³/mol. The van der Waals surface area contributed by atoms with Crippen LogP contribution in [0.4, 0.5) is 8.78 Å². The van der Waals surface area contributed by atoms with Crippen LogP contribution in [0.1, 0.15) is 36.0 Å². The molecular formula is C12H11ClF2O. The van der Waals surface area contributed by atoms with Gasteiger partial charge in [0.2, 0.25) is 0 Å². The molecule has 1 aromatic rings. The van der Waals surface area contributed by atoms with Gasteiger partial charge in [-0.1, -0.05) is 30.9 Å². The summed E-state index contributed by atoms with van der Waals surface area (Å²) >= 11 is 5.41. The highest BCUT2D eigenvalue weighted by Crippen LogP contribution is 2.31. The normalized spacial score (nSPS) is 15.9. The molecule has 0 radical (unpaired) electrons. The maximum absolute atomic E-state index is 13.4. The second-order valence-electron chi connectivity index (χ2n) is 4.17. The van der Waals surface area contributed by atoms with Gasteiger partial charge in [-0.2, -0.15) is 0 Å². The SMILES string of the molecule is O=C(CC1CCC1)c1cc(F)c(Cl)cc1F. The summed E-state index contributed by atoms with van der Waals surface area (Å²) in [5, 5.41) is -0.294. The summed E-state index contributed by atoms with van der Waals surface area (Å²) in [6.45, 7) is 0. The van der Waals surface area contributed by atoms with Gasteiger partial charge in [0.1, 0.15) is 11.6 Å². The lowest BCUT2D eigenvalue weighted by Crippen LogP contribution is -2.16. The molecule has 0 bridgehead atoms. The highest BCUT2D eigenvalue weighted by molar-refractivity contribution is 6.30. The highest BCUT2D eigenvalue weighted by atomic mass is 35.5. The van der Waals surface area contributed by atoms with Crippen LogP contribution in [0, 0.1) is 17.6 Å². The van der Waals surface area contributed by atoms with Crippen LogP contribution in [0.25, 0.3) is 0 Å². The number of rotatable bonds is 3. The number of Topliss-reactive ketones (excluding diaryl/α,β-unsaturated/α-hetero) is 1. The Morgan fingerprint density at radius 3 is 2.56 bits per heavy atom. The quantitative estimate of drug-likeness (QED) is 0.580. The maximum atomic E-state index is 13.4. The zero-order valence-electron chi connectivity index (χ0n) is 8.60. The molecule has 0 heterocycles. The van der Waals surface area contributed by atoms with E-state index < -0.39 is 11.6 Å². The van der Waals surface area contributed by atoms with E-state index in [4.69, 9.17) is 11.6 Å². The monoisotopic (exact) mass is 244 g/mol. The number of ketones is 1. The molecule has 1 aliphatic rings. The first-order chi connectivity index (χ1) is 7.58. The van der Waals surface area contributed by atoms with E-state index in [1.165, 1.54) is 0 Å². The van der Waals surface area contributed by atoms with E-state index in [0.717, 1.165) is 31.4 Å². The minimum absolute atomic E-state index is 0.186. The zero-order chi connectivity index (χ0) is 11.7. The Kier molecular flexibility index (Phi) is 3.24. The smallest absolute Gasteiger partial charge is 0.166 e. The first-order valence-electron chi connectivity index (χ1n) is 5.25. The average molecular weight is 245 g/mol. The van der Waals surface area contributed by atoms with E-state index in [1.54, 1.807) is 0 Å². The Bertz CT molecular complexity index is 427. The number of halogens is 3. The van der Waals surface area contributed by atoms with Gasteiger partial charge in [0, 0.05) is 6.42 Å². The Labute approximate surface area is 97.4 Å². The lowest BCUT2D eigenvalue weighted by molar-refractivity contribution is 0.0932. The average Bonchev–Trinajstić information content (AvgIpc) is 2.17. The van der Waals surface area contributed by atoms with E-state index in [1.807, 2.05) is 0 Å².